The van der Waals surface area contributed by atoms with Crippen LogP contribution in [0.4, 0.5) is 21.8 Å². The van der Waals surface area contributed by atoms with E-state index in [-0.39, 0.29) is 60.2 Å². The molecule has 18 heteroatoms. The van der Waals surface area contributed by atoms with Gasteiger partial charge in [-0.15, -0.1) is 5.10 Å². The second-order valence-electron chi connectivity index (χ2n) is 13.8. The van der Waals surface area contributed by atoms with E-state index >= 15 is 0 Å². The van der Waals surface area contributed by atoms with Gasteiger partial charge >= 0.3 is 0 Å². The lowest BCUT2D eigenvalue weighted by Crippen LogP contribution is -2.37. The summed E-state index contributed by atoms with van der Waals surface area (Å²) in [5, 5.41) is 24.9. The first kappa shape index (κ1) is 37.3. The number of nitrogen functional groups attached to an aromatic ring is 1. The minimum atomic E-state index is -0.767. The third-order valence-corrected chi connectivity index (χ3v) is 10.5. The molecule has 57 heavy (non-hydrogen) atoms. The molecule has 2 aliphatic heterocycles. The third kappa shape index (κ3) is 6.92. The van der Waals surface area contributed by atoms with E-state index in [0.29, 0.717) is 64.3 Å². The zero-order valence-corrected chi connectivity index (χ0v) is 32.0. The SMILES string of the molecule is CCN1Cc2c(C#N)cccc2O[C@@H](Cc2cc3nc4c(c(N)nn24)C(=O)NC[C@H](C)Oc2ccc(F)c(Cl)c2CN3CC)CNC(=O)c2cnn3ccc1nc23. The molecule has 4 bridgehead atoms. The van der Waals surface area contributed by atoms with Crippen LogP contribution in [0.5, 0.6) is 11.5 Å². The van der Waals surface area contributed by atoms with Gasteiger partial charge in [-0.05, 0) is 51.1 Å². The summed E-state index contributed by atoms with van der Waals surface area (Å²) in [4.78, 5) is 41.1. The number of amides is 2. The van der Waals surface area contributed by atoms with Crippen molar-refractivity contribution in [1.29, 1.82) is 5.26 Å². The molecule has 6 aromatic rings. The molecule has 6 heterocycles. The first-order valence-electron chi connectivity index (χ1n) is 18.5. The van der Waals surface area contributed by atoms with Crippen LogP contribution in [0.3, 0.4) is 0 Å². The molecule has 0 saturated heterocycles. The molecule has 2 amide bonds. The highest BCUT2D eigenvalue weighted by Crippen LogP contribution is 2.34. The maximum atomic E-state index is 14.9. The predicted octanol–water partition coefficient (Wildman–Crippen LogP) is 4.32. The molecule has 8 rings (SSSR count). The average molecular weight is 793 g/mol. The van der Waals surface area contributed by atoms with Crippen molar-refractivity contribution in [3.05, 3.63) is 99.2 Å². The van der Waals surface area contributed by atoms with E-state index in [1.165, 1.54) is 27.4 Å². The van der Waals surface area contributed by atoms with Gasteiger partial charge in [-0.3, -0.25) is 9.59 Å². The van der Waals surface area contributed by atoms with E-state index in [1.807, 2.05) is 23.6 Å². The number of aromatic nitrogens is 6. The first-order valence-corrected chi connectivity index (χ1v) is 18.9. The number of carbonyl (C=O) groups excluding carboxylic acids is 2. The van der Waals surface area contributed by atoms with Gasteiger partial charge in [-0.2, -0.15) is 10.4 Å². The summed E-state index contributed by atoms with van der Waals surface area (Å²) in [7, 11) is 0. The van der Waals surface area contributed by atoms with Gasteiger partial charge in [0.05, 0.1) is 41.6 Å². The van der Waals surface area contributed by atoms with Gasteiger partial charge in [-0.1, -0.05) is 17.7 Å². The number of nitrogens with zero attached hydrogens (tertiary/aromatic N) is 9. The number of hydrogen-bond donors (Lipinski definition) is 3. The molecule has 2 aliphatic rings. The smallest absolute Gasteiger partial charge is 0.259 e. The quantitative estimate of drug-likeness (QED) is 0.229. The zero-order chi connectivity index (χ0) is 40.0. The lowest BCUT2D eigenvalue weighted by Gasteiger charge is -2.27. The van der Waals surface area contributed by atoms with Crippen molar-refractivity contribution in [2.75, 3.05) is 41.7 Å². The minimum Gasteiger partial charge on any atom is -0.488 e. The third-order valence-electron chi connectivity index (χ3n) is 10.1. The van der Waals surface area contributed by atoms with Crippen molar-refractivity contribution < 1.29 is 23.5 Å². The van der Waals surface area contributed by atoms with E-state index in [1.54, 1.807) is 43.5 Å². The average Bonchev–Trinajstić information content (AvgIpc) is 3.79. The number of nitriles is 1. The minimum absolute atomic E-state index is 0.00179. The molecule has 2 aromatic carbocycles. The Morgan fingerprint density at radius 3 is 2.49 bits per heavy atom. The number of ether oxygens (including phenoxy) is 2. The number of benzene rings is 2. The van der Waals surface area contributed by atoms with Crippen LogP contribution >= 0.6 is 11.6 Å². The number of fused-ring (bicyclic) bond motifs is 4. The Hall–Kier alpha value is -6.67. The Kier molecular flexibility index (Phi) is 9.88. The number of anilines is 3. The Morgan fingerprint density at radius 2 is 1.70 bits per heavy atom. The molecular weight excluding hydrogens is 755 g/mol. The maximum Gasteiger partial charge on any atom is 0.259 e. The Balaban J connectivity index is 1.26. The predicted molar refractivity (Wildman–Crippen MR) is 209 cm³/mol. The molecule has 0 saturated carbocycles. The number of hydrogen-bond acceptors (Lipinski definition) is 12. The Labute approximate surface area is 330 Å². The van der Waals surface area contributed by atoms with E-state index in [0.717, 1.165) is 0 Å². The summed E-state index contributed by atoms with van der Waals surface area (Å²) in [5.74, 6) is 0.243. The van der Waals surface area contributed by atoms with E-state index in [2.05, 4.69) is 26.9 Å². The lowest BCUT2D eigenvalue weighted by molar-refractivity contribution is 0.0923. The van der Waals surface area contributed by atoms with Crippen molar-refractivity contribution >= 4 is 52.2 Å². The van der Waals surface area contributed by atoms with Gasteiger partial charge in [0.2, 0.25) is 0 Å². The number of rotatable bonds is 4. The Morgan fingerprint density at radius 1 is 0.965 bits per heavy atom. The monoisotopic (exact) mass is 792 g/mol. The fraction of sp³-hybridized carbons (Fsp3) is 0.308. The molecule has 0 fully saturated rings. The Bertz CT molecular complexity index is 2600. The number of carbonyl (C=O) groups is 2. The fourth-order valence-corrected chi connectivity index (χ4v) is 7.34. The number of nitrogens with one attached hydrogen (secondary N) is 2. The van der Waals surface area contributed by atoms with Crippen molar-refractivity contribution in [1.82, 2.24) is 39.8 Å². The van der Waals surface area contributed by atoms with E-state index in [9.17, 15) is 19.2 Å². The molecule has 4 aromatic heterocycles. The highest BCUT2D eigenvalue weighted by molar-refractivity contribution is 6.31. The van der Waals surface area contributed by atoms with Crippen molar-refractivity contribution in [3.8, 4) is 17.6 Å². The number of halogens is 2. The van der Waals surface area contributed by atoms with Crippen molar-refractivity contribution in [2.24, 2.45) is 0 Å². The number of nitrogens with two attached hydrogens (primary N) is 1. The highest BCUT2D eigenvalue weighted by Gasteiger charge is 2.29. The molecule has 0 unspecified atom stereocenters. The van der Waals surface area contributed by atoms with Gasteiger partial charge in [0, 0.05) is 56.0 Å². The topological polar surface area (TPSA) is 193 Å². The van der Waals surface area contributed by atoms with Gasteiger partial charge < -0.3 is 35.6 Å². The van der Waals surface area contributed by atoms with Crippen LogP contribution in [0.1, 0.15) is 63.9 Å². The van der Waals surface area contributed by atoms with Crippen LogP contribution in [0.15, 0.2) is 54.9 Å². The van der Waals surface area contributed by atoms with Crippen molar-refractivity contribution in [3.63, 3.8) is 0 Å². The molecule has 0 aliphatic carbocycles. The molecule has 4 N–H and O–H groups in total. The lowest BCUT2D eigenvalue weighted by atomic mass is 10.1. The van der Waals surface area contributed by atoms with Crippen LogP contribution in [0.2, 0.25) is 5.02 Å². The maximum absolute atomic E-state index is 14.9. The van der Waals surface area contributed by atoms with E-state index in [4.69, 9.17) is 36.8 Å². The molecule has 2 atom stereocenters. The van der Waals surface area contributed by atoms with Crippen LogP contribution < -0.4 is 35.6 Å². The highest BCUT2D eigenvalue weighted by atomic mass is 35.5. The van der Waals surface area contributed by atoms with Gasteiger partial charge in [0.1, 0.15) is 52.3 Å². The molecule has 0 radical (unpaired) electrons. The first-order chi connectivity index (χ1) is 27.6. The summed E-state index contributed by atoms with van der Waals surface area (Å²) < 4.78 is 30.9. The molecule has 292 valence electrons. The van der Waals surface area contributed by atoms with E-state index < -0.39 is 29.8 Å². The van der Waals surface area contributed by atoms with Gasteiger partial charge in [-0.25, -0.2) is 23.4 Å². The summed E-state index contributed by atoms with van der Waals surface area (Å²) in [6.45, 7) is 7.09. The molecule has 0 spiro atoms. The normalized spacial score (nSPS) is 17.4. The second-order valence-corrected chi connectivity index (χ2v) is 14.1. The molecule has 16 nitrogen and oxygen atoms in total. The van der Waals surface area contributed by atoms with Crippen LogP contribution in [-0.2, 0) is 19.5 Å². The summed E-state index contributed by atoms with van der Waals surface area (Å²) in [5.41, 5.74) is 9.34. The van der Waals surface area contributed by atoms with Gasteiger partial charge in [0.15, 0.2) is 17.1 Å². The zero-order valence-electron chi connectivity index (χ0n) is 31.3. The second kappa shape index (κ2) is 15.1. The van der Waals surface area contributed by atoms with Crippen molar-refractivity contribution in [2.45, 2.75) is 52.5 Å². The summed E-state index contributed by atoms with van der Waals surface area (Å²) >= 11 is 6.57. The largest absolute Gasteiger partial charge is 0.488 e. The van der Waals surface area contributed by atoms with Crippen LogP contribution in [0.25, 0.3) is 11.3 Å². The summed E-state index contributed by atoms with van der Waals surface area (Å²) in [6.07, 6.45) is 2.03. The van der Waals surface area contributed by atoms with Crippen LogP contribution in [0, 0.1) is 17.1 Å². The van der Waals surface area contributed by atoms with Gasteiger partial charge in [0.25, 0.3) is 11.8 Å². The fourth-order valence-electron chi connectivity index (χ4n) is 7.12. The summed E-state index contributed by atoms with van der Waals surface area (Å²) in [6, 6.07) is 13.9. The molecular formula is C39H38ClFN12O4. The standard InChI is InChI=1S/C39H38ClFN12O4/c1-4-50-19-26-22(15-42)7-6-8-29(26)57-24(17-45-38(54)25-18-46-52-12-11-31(50)47-36(25)52)13-23-14-32-48-37-33(35(43)49-53(23)37)39(55)44-16-21(3)56-30-10-9-28(41)34(40)27(30)20-51(32)5-2/h6-12,14,18,21,24H,4-5,13,16-17,19-20H2,1-3H3,(H2,43,49)(H,44,55)(H,45,54)/t21-,24-/m0/s1. The van der Waals surface area contributed by atoms with Crippen LogP contribution in [-0.4, -0.2) is 79.4 Å².